The van der Waals surface area contributed by atoms with Gasteiger partial charge >= 0.3 is 5.97 Å². The maximum Gasteiger partial charge on any atom is 0.334 e. The highest BCUT2D eigenvalue weighted by Gasteiger charge is 2.23. The van der Waals surface area contributed by atoms with E-state index >= 15 is 0 Å². The van der Waals surface area contributed by atoms with Gasteiger partial charge in [-0.25, -0.2) is 4.79 Å². The van der Waals surface area contributed by atoms with Crippen LogP contribution in [-0.2, 0) is 9.53 Å². The zero-order valence-corrected chi connectivity index (χ0v) is 11.9. The van der Waals surface area contributed by atoms with Crippen molar-refractivity contribution >= 4 is 33.5 Å². The van der Waals surface area contributed by atoms with Gasteiger partial charge < -0.3 is 15.2 Å². The molecule has 0 bridgehead atoms. The largest absolute Gasteiger partial charge is 0.479 e. The monoisotopic (exact) mass is 346 g/mol. The maximum atomic E-state index is 11.8. The Balaban J connectivity index is 2.88. The number of nitrogens with zero attached hydrogens (tertiary/aromatic N) is 1. The Morgan fingerprint density at radius 3 is 2.70 bits per heavy atom. The lowest BCUT2D eigenvalue weighted by Crippen LogP contribution is -2.38. The summed E-state index contributed by atoms with van der Waals surface area (Å²) in [5, 5.41) is 21.9. The average molecular weight is 347 g/mol. The predicted octanol–water partition coefficient (Wildman–Crippen LogP) is 1.19. The summed E-state index contributed by atoms with van der Waals surface area (Å²) >= 11 is 3.07. The number of nitro groups is 1. The van der Waals surface area contributed by atoms with Gasteiger partial charge in [0.25, 0.3) is 11.6 Å². The van der Waals surface area contributed by atoms with E-state index < -0.39 is 22.9 Å². The molecule has 9 heteroatoms. The van der Waals surface area contributed by atoms with Gasteiger partial charge in [-0.15, -0.1) is 0 Å². The second-order valence-corrected chi connectivity index (χ2v) is 4.61. The molecule has 1 aromatic carbocycles. The summed E-state index contributed by atoms with van der Waals surface area (Å²) in [6.07, 6.45) is -1.21. The minimum absolute atomic E-state index is 0.154. The molecular formula is C11H11BrN2O6. The number of benzene rings is 1. The number of halogens is 1. The predicted molar refractivity (Wildman–Crippen MR) is 71.6 cm³/mol. The number of ether oxygens (including phenoxy) is 1. The summed E-state index contributed by atoms with van der Waals surface area (Å²) in [5.74, 6) is -1.98. The molecule has 0 heterocycles. The molecule has 108 valence electrons. The minimum Gasteiger partial charge on any atom is -0.479 e. The molecule has 0 spiro atoms. The molecule has 2 N–H and O–H groups in total. The number of carbonyl (C=O) groups excluding carboxylic acids is 1. The molecule has 0 aliphatic carbocycles. The number of methoxy groups -OCH3 is 1. The van der Waals surface area contributed by atoms with E-state index in [9.17, 15) is 19.7 Å². The summed E-state index contributed by atoms with van der Waals surface area (Å²) in [7, 11) is 1.19. The van der Waals surface area contributed by atoms with Gasteiger partial charge in [0.2, 0.25) is 0 Å². The fraction of sp³-hybridized carbons (Fsp3) is 0.273. The number of carboxylic acids is 1. The summed E-state index contributed by atoms with van der Waals surface area (Å²) in [6, 6.07) is 3.95. The SMILES string of the molecule is COC(CNC(=O)c1ccc(Br)cc1[N+](=O)[O-])C(=O)O. The van der Waals surface area contributed by atoms with Crippen LogP contribution < -0.4 is 5.32 Å². The number of rotatable bonds is 6. The van der Waals surface area contributed by atoms with Crippen molar-refractivity contribution in [2.75, 3.05) is 13.7 Å². The fourth-order valence-corrected chi connectivity index (χ4v) is 1.75. The van der Waals surface area contributed by atoms with Gasteiger partial charge in [0, 0.05) is 17.6 Å². The van der Waals surface area contributed by atoms with Crippen LogP contribution in [-0.4, -0.2) is 41.7 Å². The number of carboxylic acid groups (broad SMARTS) is 1. The smallest absolute Gasteiger partial charge is 0.334 e. The van der Waals surface area contributed by atoms with Crippen LogP contribution in [0.1, 0.15) is 10.4 Å². The van der Waals surface area contributed by atoms with Crippen molar-refractivity contribution in [3.63, 3.8) is 0 Å². The molecule has 0 saturated carbocycles. The number of nitrogens with one attached hydrogen (secondary N) is 1. The Labute approximate surface area is 122 Å². The number of amides is 1. The Morgan fingerprint density at radius 1 is 1.55 bits per heavy atom. The number of hydrogen-bond acceptors (Lipinski definition) is 5. The highest BCUT2D eigenvalue weighted by molar-refractivity contribution is 9.10. The van der Waals surface area contributed by atoms with Crippen molar-refractivity contribution in [1.29, 1.82) is 0 Å². The molecule has 20 heavy (non-hydrogen) atoms. The fourth-order valence-electron chi connectivity index (χ4n) is 1.40. The average Bonchev–Trinajstić information content (AvgIpc) is 2.38. The van der Waals surface area contributed by atoms with Crippen LogP contribution in [0, 0.1) is 10.1 Å². The molecule has 0 radical (unpaired) electrons. The van der Waals surface area contributed by atoms with Gasteiger partial charge in [-0.2, -0.15) is 0 Å². The first-order valence-electron chi connectivity index (χ1n) is 5.34. The van der Waals surface area contributed by atoms with Gasteiger partial charge in [-0.05, 0) is 12.1 Å². The van der Waals surface area contributed by atoms with Crippen molar-refractivity contribution in [3.8, 4) is 0 Å². The summed E-state index contributed by atoms with van der Waals surface area (Å²) in [6.45, 7) is -0.294. The Kier molecular flexibility index (Phi) is 5.59. The highest BCUT2D eigenvalue weighted by atomic mass is 79.9. The lowest BCUT2D eigenvalue weighted by Gasteiger charge is -2.11. The molecule has 0 aliphatic rings. The van der Waals surface area contributed by atoms with Gasteiger partial charge in [0.15, 0.2) is 6.10 Å². The van der Waals surface area contributed by atoms with Crippen LogP contribution in [0.5, 0.6) is 0 Å². The topological polar surface area (TPSA) is 119 Å². The molecule has 0 aromatic heterocycles. The van der Waals surface area contributed by atoms with Crippen LogP contribution in [0.15, 0.2) is 22.7 Å². The standard InChI is InChI=1S/C11H11BrN2O6/c1-20-9(11(16)17)5-13-10(15)7-3-2-6(12)4-8(7)14(18)19/h2-4,9H,5H2,1H3,(H,13,15)(H,16,17). The minimum atomic E-state index is -1.24. The lowest BCUT2D eigenvalue weighted by molar-refractivity contribution is -0.385. The van der Waals surface area contributed by atoms with E-state index in [1.807, 2.05) is 0 Å². The van der Waals surface area contributed by atoms with Gasteiger partial charge in [-0.3, -0.25) is 14.9 Å². The first-order valence-corrected chi connectivity index (χ1v) is 6.14. The second kappa shape index (κ2) is 6.96. The van der Waals surface area contributed by atoms with E-state index in [1.54, 1.807) is 0 Å². The van der Waals surface area contributed by atoms with Crippen molar-refractivity contribution in [2.24, 2.45) is 0 Å². The molecule has 1 aromatic rings. The maximum absolute atomic E-state index is 11.8. The van der Waals surface area contributed by atoms with Crippen molar-refractivity contribution in [3.05, 3.63) is 38.3 Å². The molecule has 1 atom stereocenters. The van der Waals surface area contributed by atoms with Crippen LogP contribution >= 0.6 is 15.9 Å². The number of hydrogen-bond donors (Lipinski definition) is 2. The van der Waals surface area contributed by atoms with Crippen molar-refractivity contribution in [1.82, 2.24) is 5.32 Å². The van der Waals surface area contributed by atoms with Gasteiger partial charge in [0.05, 0.1) is 11.5 Å². The molecular weight excluding hydrogens is 336 g/mol. The summed E-state index contributed by atoms with van der Waals surface area (Å²) < 4.78 is 5.10. The lowest BCUT2D eigenvalue weighted by atomic mass is 10.1. The molecule has 0 fully saturated rings. The highest BCUT2D eigenvalue weighted by Crippen LogP contribution is 2.23. The Morgan fingerprint density at radius 2 is 2.20 bits per heavy atom. The van der Waals surface area contributed by atoms with Crippen LogP contribution in [0.25, 0.3) is 0 Å². The molecule has 8 nitrogen and oxygen atoms in total. The summed E-state index contributed by atoms with van der Waals surface area (Å²) in [4.78, 5) is 32.7. The number of aliphatic carboxylic acids is 1. The number of carbonyl (C=O) groups is 2. The zero-order chi connectivity index (χ0) is 15.3. The Bertz CT molecular complexity index is 548. The third-order valence-electron chi connectivity index (χ3n) is 2.41. The molecule has 1 unspecified atom stereocenters. The van der Waals surface area contributed by atoms with E-state index in [4.69, 9.17) is 5.11 Å². The van der Waals surface area contributed by atoms with E-state index in [1.165, 1.54) is 25.3 Å². The Hall–Kier alpha value is -2.00. The zero-order valence-electron chi connectivity index (χ0n) is 10.3. The van der Waals surface area contributed by atoms with E-state index in [0.717, 1.165) is 0 Å². The normalized spacial score (nSPS) is 11.7. The molecule has 0 aliphatic heterocycles. The third kappa shape index (κ3) is 4.00. The third-order valence-corrected chi connectivity index (χ3v) is 2.90. The molecule has 1 amide bonds. The quantitative estimate of drug-likeness (QED) is 0.589. The van der Waals surface area contributed by atoms with Crippen molar-refractivity contribution in [2.45, 2.75) is 6.10 Å². The van der Waals surface area contributed by atoms with Crippen LogP contribution in [0.3, 0.4) is 0 Å². The van der Waals surface area contributed by atoms with Crippen molar-refractivity contribution < 1.29 is 24.4 Å². The molecule has 1 rings (SSSR count). The van der Waals surface area contributed by atoms with Crippen LogP contribution in [0.4, 0.5) is 5.69 Å². The number of nitro benzene ring substituents is 1. The first-order chi connectivity index (χ1) is 9.36. The second-order valence-electron chi connectivity index (χ2n) is 3.69. The van der Waals surface area contributed by atoms with E-state index in [2.05, 4.69) is 26.0 Å². The summed E-state index contributed by atoms with van der Waals surface area (Å²) in [5.41, 5.74) is -0.528. The van der Waals surface area contributed by atoms with Gasteiger partial charge in [0.1, 0.15) is 5.56 Å². The van der Waals surface area contributed by atoms with Gasteiger partial charge in [-0.1, -0.05) is 15.9 Å². The van der Waals surface area contributed by atoms with E-state index in [-0.39, 0.29) is 17.8 Å². The molecule has 0 saturated heterocycles. The first kappa shape index (κ1) is 16.1. The van der Waals surface area contributed by atoms with E-state index in [0.29, 0.717) is 4.47 Å². The van der Waals surface area contributed by atoms with Crippen LogP contribution in [0.2, 0.25) is 0 Å².